The standard InChI is InChI=1S/C24H40N3O10P/c1-22(2,3)35-19(28)14-27(15-32-20(29)17-11-12-18(25-10)26-13-17)21(30)33-16-34-38(31,36-23(4,5)6)37-24(7,8)9/h11-13H,14-16H2,1-10H3,(H,25,26). The third-order valence-corrected chi connectivity index (χ3v) is 5.73. The van der Waals surface area contributed by atoms with Gasteiger partial charge >= 0.3 is 25.9 Å². The SMILES string of the molecule is CNc1ccc(C(=O)OCN(CC(=O)OC(C)(C)C)C(=O)OCOP(=O)(OC(C)(C)C)OC(C)(C)C)cn1. The molecule has 1 rings (SSSR count). The highest BCUT2D eigenvalue weighted by Gasteiger charge is 2.38. The highest BCUT2D eigenvalue weighted by molar-refractivity contribution is 7.48. The zero-order valence-corrected chi connectivity index (χ0v) is 24.7. The molecule has 0 saturated carbocycles. The number of hydrogen-bond acceptors (Lipinski definition) is 12. The fraction of sp³-hybridized carbons (Fsp3) is 0.667. The Bertz CT molecular complexity index is 975. The van der Waals surface area contributed by atoms with Gasteiger partial charge in [-0.25, -0.2) is 23.7 Å². The molecule has 0 atom stereocenters. The van der Waals surface area contributed by atoms with Gasteiger partial charge in [-0.2, -0.15) is 0 Å². The molecule has 14 heteroatoms. The Kier molecular flexibility index (Phi) is 11.7. The Labute approximate surface area is 224 Å². The molecule has 1 amide bonds. The lowest BCUT2D eigenvalue weighted by molar-refractivity contribution is -0.157. The minimum atomic E-state index is -4.17. The molecule has 0 saturated heterocycles. The lowest BCUT2D eigenvalue weighted by Gasteiger charge is -2.30. The van der Waals surface area contributed by atoms with Crippen molar-refractivity contribution in [3.63, 3.8) is 0 Å². The molecule has 0 unspecified atom stereocenters. The van der Waals surface area contributed by atoms with Crippen molar-refractivity contribution >= 4 is 31.7 Å². The molecular weight excluding hydrogens is 521 g/mol. The minimum absolute atomic E-state index is 0.123. The molecular formula is C24H40N3O10P. The Morgan fingerprint density at radius 2 is 1.50 bits per heavy atom. The topological polar surface area (TPSA) is 152 Å². The summed E-state index contributed by atoms with van der Waals surface area (Å²) in [6.45, 7) is 12.8. The first-order valence-corrected chi connectivity index (χ1v) is 13.3. The molecule has 0 aromatic carbocycles. The van der Waals surface area contributed by atoms with E-state index >= 15 is 0 Å². The van der Waals surface area contributed by atoms with E-state index in [4.69, 9.17) is 27.8 Å². The number of ether oxygens (including phenoxy) is 3. The Hall–Kier alpha value is -2.73. The van der Waals surface area contributed by atoms with Crippen LogP contribution in [0.15, 0.2) is 18.3 Å². The molecule has 216 valence electrons. The summed E-state index contributed by atoms with van der Waals surface area (Å²) in [5.41, 5.74) is -2.50. The zero-order valence-electron chi connectivity index (χ0n) is 23.8. The van der Waals surface area contributed by atoms with Crippen LogP contribution in [0.4, 0.5) is 10.6 Å². The number of pyridine rings is 1. The lowest BCUT2D eigenvalue weighted by Crippen LogP contribution is -2.41. The van der Waals surface area contributed by atoms with E-state index in [0.29, 0.717) is 5.82 Å². The second kappa shape index (κ2) is 13.4. The van der Waals surface area contributed by atoms with Gasteiger partial charge in [0, 0.05) is 13.2 Å². The maximum absolute atomic E-state index is 13.1. The number of carbonyl (C=O) groups excluding carboxylic acids is 3. The van der Waals surface area contributed by atoms with E-state index in [1.54, 1.807) is 75.4 Å². The second-order valence-electron chi connectivity index (χ2n) is 11.0. The van der Waals surface area contributed by atoms with Crippen molar-refractivity contribution in [2.45, 2.75) is 79.1 Å². The summed E-state index contributed by atoms with van der Waals surface area (Å²) in [6, 6.07) is 3.05. The molecule has 1 heterocycles. The van der Waals surface area contributed by atoms with E-state index in [9.17, 15) is 18.9 Å². The summed E-state index contributed by atoms with van der Waals surface area (Å²) in [6.07, 6.45) is 0.186. The highest BCUT2D eigenvalue weighted by atomic mass is 31.2. The van der Waals surface area contributed by atoms with Gasteiger partial charge in [0.25, 0.3) is 0 Å². The van der Waals surface area contributed by atoms with Crippen LogP contribution < -0.4 is 5.32 Å². The molecule has 38 heavy (non-hydrogen) atoms. The number of esters is 2. The molecule has 0 aliphatic carbocycles. The van der Waals surface area contributed by atoms with Crippen LogP contribution in [-0.4, -0.2) is 71.8 Å². The van der Waals surface area contributed by atoms with Crippen LogP contribution in [-0.2, 0) is 37.1 Å². The van der Waals surface area contributed by atoms with Crippen LogP contribution in [0.2, 0.25) is 0 Å². The number of phosphoric ester groups is 1. The largest absolute Gasteiger partial charge is 0.478 e. The molecule has 1 aromatic heterocycles. The van der Waals surface area contributed by atoms with Crippen LogP contribution in [0.5, 0.6) is 0 Å². The fourth-order valence-electron chi connectivity index (χ4n) is 2.55. The fourth-order valence-corrected chi connectivity index (χ4v) is 4.22. The molecule has 0 spiro atoms. The summed E-state index contributed by atoms with van der Waals surface area (Å²) in [7, 11) is -2.49. The van der Waals surface area contributed by atoms with Gasteiger partial charge < -0.3 is 19.5 Å². The number of phosphoric acid groups is 1. The van der Waals surface area contributed by atoms with Crippen LogP contribution in [0.3, 0.4) is 0 Å². The van der Waals surface area contributed by atoms with Gasteiger partial charge in [0.15, 0.2) is 6.73 Å². The molecule has 0 radical (unpaired) electrons. The summed E-state index contributed by atoms with van der Waals surface area (Å²) >= 11 is 0. The number of hydrogen-bond donors (Lipinski definition) is 1. The number of rotatable bonds is 11. The van der Waals surface area contributed by atoms with Crippen LogP contribution in [0, 0.1) is 0 Å². The molecule has 0 bridgehead atoms. The molecule has 0 aliphatic heterocycles. The smallest absolute Gasteiger partial charge is 0.459 e. The average molecular weight is 562 g/mol. The number of anilines is 1. The van der Waals surface area contributed by atoms with Crippen molar-refractivity contribution in [1.82, 2.24) is 9.88 Å². The van der Waals surface area contributed by atoms with Gasteiger partial charge in [0.2, 0.25) is 6.79 Å². The number of nitrogens with zero attached hydrogens (tertiary/aromatic N) is 2. The Morgan fingerprint density at radius 3 is 1.95 bits per heavy atom. The summed E-state index contributed by atoms with van der Waals surface area (Å²) < 4.78 is 44.7. The molecule has 1 N–H and O–H groups in total. The van der Waals surface area contributed by atoms with E-state index in [-0.39, 0.29) is 5.56 Å². The van der Waals surface area contributed by atoms with Crippen molar-refractivity contribution < 1.29 is 46.7 Å². The first kappa shape index (κ1) is 33.3. The van der Waals surface area contributed by atoms with Crippen LogP contribution >= 0.6 is 7.82 Å². The van der Waals surface area contributed by atoms with Gasteiger partial charge in [-0.05, 0) is 74.4 Å². The van der Waals surface area contributed by atoms with Crippen molar-refractivity contribution in [2.75, 3.05) is 32.4 Å². The van der Waals surface area contributed by atoms with E-state index < -0.39 is 62.7 Å². The summed E-state index contributed by atoms with van der Waals surface area (Å²) in [4.78, 5) is 42.4. The maximum Gasteiger partial charge on any atom is 0.478 e. The Morgan fingerprint density at radius 1 is 0.921 bits per heavy atom. The third kappa shape index (κ3) is 13.7. The first-order valence-electron chi connectivity index (χ1n) is 11.8. The predicted molar refractivity (Wildman–Crippen MR) is 138 cm³/mol. The van der Waals surface area contributed by atoms with Gasteiger partial charge in [-0.15, -0.1) is 0 Å². The van der Waals surface area contributed by atoms with Crippen LogP contribution in [0.1, 0.15) is 72.7 Å². The van der Waals surface area contributed by atoms with E-state index in [2.05, 4.69) is 10.3 Å². The number of carbonyl (C=O) groups is 3. The van der Waals surface area contributed by atoms with E-state index in [0.717, 1.165) is 4.90 Å². The van der Waals surface area contributed by atoms with Gasteiger partial charge in [-0.3, -0.25) is 18.7 Å². The summed E-state index contributed by atoms with van der Waals surface area (Å²) in [5.74, 6) is -1.02. The van der Waals surface area contributed by atoms with Gasteiger partial charge in [-0.1, -0.05) is 0 Å². The molecule has 0 fully saturated rings. The van der Waals surface area contributed by atoms with Crippen LogP contribution in [0.25, 0.3) is 0 Å². The van der Waals surface area contributed by atoms with Crippen molar-refractivity contribution in [1.29, 1.82) is 0 Å². The molecule has 1 aromatic rings. The number of amides is 1. The first-order chi connectivity index (χ1) is 17.2. The van der Waals surface area contributed by atoms with Gasteiger partial charge in [0.1, 0.15) is 18.0 Å². The average Bonchev–Trinajstić information content (AvgIpc) is 2.72. The lowest BCUT2D eigenvalue weighted by atomic mass is 10.2. The minimum Gasteiger partial charge on any atom is -0.459 e. The maximum atomic E-state index is 13.1. The molecule has 13 nitrogen and oxygen atoms in total. The van der Waals surface area contributed by atoms with Gasteiger partial charge in [0.05, 0.1) is 16.8 Å². The van der Waals surface area contributed by atoms with E-state index in [1.807, 2.05) is 0 Å². The van der Waals surface area contributed by atoms with Crippen molar-refractivity contribution in [2.24, 2.45) is 0 Å². The van der Waals surface area contributed by atoms with E-state index in [1.165, 1.54) is 12.3 Å². The quantitative estimate of drug-likeness (QED) is 0.172. The van der Waals surface area contributed by atoms with Crippen molar-refractivity contribution in [3.8, 4) is 0 Å². The number of aromatic nitrogens is 1. The third-order valence-electron chi connectivity index (χ3n) is 3.77. The second-order valence-corrected chi connectivity index (χ2v) is 12.6. The zero-order chi connectivity index (χ0) is 29.4. The molecule has 0 aliphatic rings. The normalized spacial score (nSPS) is 12.5. The monoisotopic (exact) mass is 561 g/mol. The predicted octanol–water partition coefficient (Wildman–Crippen LogP) is 4.73. The highest BCUT2D eigenvalue weighted by Crippen LogP contribution is 2.55. The van der Waals surface area contributed by atoms with Crippen molar-refractivity contribution in [3.05, 3.63) is 23.9 Å². The number of nitrogens with one attached hydrogen (secondary N) is 1. The summed E-state index contributed by atoms with van der Waals surface area (Å²) in [5, 5.41) is 2.82. The Balaban J connectivity index is 2.93.